The maximum Gasteiger partial charge on any atom is 0.337 e. The summed E-state index contributed by atoms with van der Waals surface area (Å²) in [5.41, 5.74) is 3.73. The van der Waals surface area contributed by atoms with Gasteiger partial charge in [-0.2, -0.15) is 0 Å². The molecule has 0 fully saturated rings. The van der Waals surface area contributed by atoms with Gasteiger partial charge in [0, 0.05) is 22.5 Å². The number of halogens is 1. The number of pyridine rings is 1. The van der Waals surface area contributed by atoms with Crippen molar-refractivity contribution in [3.63, 3.8) is 0 Å². The van der Waals surface area contributed by atoms with Gasteiger partial charge in [0.25, 0.3) is 0 Å². The minimum Gasteiger partial charge on any atom is -0.478 e. The predicted octanol–water partition coefficient (Wildman–Crippen LogP) is 4.19. The monoisotopic (exact) mass is 372 g/mol. The Balaban J connectivity index is 0.00000243. The number of anilines is 2. The van der Waals surface area contributed by atoms with Crippen molar-refractivity contribution in [1.29, 1.82) is 0 Å². The standard InChI is InChI=1S/C19H16N2O4.ClH/c1-11-9-17(21-14-6-3-12(4-7-14)18(22)23)15-10-13(19(24)25-2)5-8-16(15)20-11;/h3-10H,1-2H3,(H,20,21)(H,22,23);1H. The third-order valence-corrected chi connectivity index (χ3v) is 3.77. The maximum atomic E-state index is 11.8. The lowest BCUT2D eigenvalue weighted by atomic mass is 10.1. The molecule has 2 N–H and O–H groups in total. The van der Waals surface area contributed by atoms with Gasteiger partial charge in [-0.1, -0.05) is 0 Å². The molecular weight excluding hydrogens is 356 g/mol. The summed E-state index contributed by atoms with van der Waals surface area (Å²) < 4.78 is 4.77. The van der Waals surface area contributed by atoms with Gasteiger partial charge in [-0.3, -0.25) is 4.98 Å². The topological polar surface area (TPSA) is 88.5 Å². The average molecular weight is 373 g/mol. The number of benzene rings is 2. The first-order chi connectivity index (χ1) is 12.0. The van der Waals surface area contributed by atoms with Gasteiger partial charge in [0.2, 0.25) is 0 Å². The molecular formula is C19H17ClN2O4. The van der Waals surface area contributed by atoms with E-state index < -0.39 is 11.9 Å². The fourth-order valence-electron chi connectivity index (χ4n) is 2.56. The molecule has 3 aromatic rings. The molecule has 0 saturated heterocycles. The number of aromatic nitrogens is 1. The van der Waals surface area contributed by atoms with Crippen LogP contribution in [0, 0.1) is 6.92 Å². The second-order valence-corrected chi connectivity index (χ2v) is 5.54. The van der Waals surface area contributed by atoms with Crippen molar-refractivity contribution in [2.24, 2.45) is 0 Å². The lowest BCUT2D eigenvalue weighted by molar-refractivity contribution is 0.0600. The molecule has 0 atom stereocenters. The van der Waals surface area contributed by atoms with Gasteiger partial charge >= 0.3 is 11.9 Å². The highest BCUT2D eigenvalue weighted by molar-refractivity contribution is 5.99. The first kappa shape index (κ1) is 19.2. The summed E-state index contributed by atoms with van der Waals surface area (Å²) in [6.45, 7) is 1.88. The zero-order valence-electron chi connectivity index (χ0n) is 14.1. The predicted molar refractivity (Wildman–Crippen MR) is 102 cm³/mol. The van der Waals surface area contributed by atoms with Crippen molar-refractivity contribution in [1.82, 2.24) is 4.98 Å². The number of aryl methyl sites for hydroxylation is 1. The van der Waals surface area contributed by atoms with Crippen LogP contribution in [-0.4, -0.2) is 29.1 Å². The molecule has 0 aliphatic rings. The van der Waals surface area contributed by atoms with Crippen LogP contribution >= 0.6 is 12.4 Å². The summed E-state index contributed by atoms with van der Waals surface area (Å²) in [6.07, 6.45) is 0. The van der Waals surface area contributed by atoms with E-state index in [1.54, 1.807) is 30.3 Å². The van der Waals surface area contributed by atoms with Gasteiger partial charge in [-0.15, -0.1) is 12.4 Å². The zero-order valence-corrected chi connectivity index (χ0v) is 15.0. The van der Waals surface area contributed by atoms with Crippen LogP contribution in [0.15, 0.2) is 48.5 Å². The molecule has 1 heterocycles. The minimum absolute atomic E-state index is 0. The van der Waals surface area contributed by atoms with Crippen molar-refractivity contribution < 1.29 is 19.4 Å². The molecule has 0 unspecified atom stereocenters. The number of nitrogens with zero attached hydrogens (tertiary/aromatic N) is 1. The number of esters is 1. The van der Waals surface area contributed by atoms with Crippen molar-refractivity contribution in [2.45, 2.75) is 6.92 Å². The van der Waals surface area contributed by atoms with Crippen LogP contribution in [-0.2, 0) is 4.74 Å². The summed E-state index contributed by atoms with van der Waals surface area (Å²) in [6, 6.07) is 13.5. The zero-order chi connectivity index (χ0) is 18.0. The number of rotatable bonds is 4. The third-order valence-electron chi connectivity index (χ3n) is 3.77. The highest BCUT2D eigenvalue weighted by Gasteiger charge is 2.11. The fourth-order valence-corrected chi connectivity index (χ4v) is 2.56. The van der Waals surface area contributed by atoms with Crippen molar-refractivity contribution in [3.8, 4) is 0 Å². The Morgan fingerprint density at radius 1 is 1.04 bits per heavy atom. The quantitative estimate of drug-likeness (QED) is 0.667. The number of carbonyl (C=O) groups excluding carboxylic acids is 1. The molecule has 3 rings (SSSR count). The number of carbonyl (C=O) groups is 2. The maximum absolute atomic E-state index is 11.8. The van der Waals surface area contributed by atoms with Crippen LogP contribution in [0.5, 0.6) is 0 Å². The Kier molecular flexibility index (Phi) is 5.79. The van der Waals surface area contributed by atoms with Gasteiger partial charge in [-0.25, -0.2) is 9.59 Å². The number of carboxylic acids is 1. The lowest BCUT2D eigenvalue weighted by Gasteiger charge is -2.12. The van der Waals surface area contributed by atoms with E-state index in [2.05, 4.69) is 10.3 Å². The number of hydrogen-bond donors (Lipinski definition) is 2. The summed E-state index contributed by atoms with van der Waals surface area (Å²) in [5.74, 6) is -1.39. The SMILES string of the molecule is COC(=O)c1ccc2nc(C)cc(Nc3ccc(C(=O)O)cc3)c2c1.Cl. The van der Waals surface area contributed by atoms with E-state index in [0.717, 1.165) is 28.0 Å². The smallest absolute Gasteiger partial charge is 0.337 e. The molecule has 26 heavy (non-hydrogen) atoms. The molecule has 1 aromatic heterocycles. The highest BCUT2D eigenvalue weighted by Crippen LogP contribution is 2.28. The van der Waals surface area contributed by atoms with Gasteiger partial charge in [-0.05, 0) is 55.5 Å². The van der Waals surface area contributed by atoms with E-state index in [9.17, 15) is 9.59 Å². The van der Waals surface area contributed by atoms with Crippen LogP contribution in [0.2, 0.25) is 0 Å². The first-order valence-corrected chi connectivity index (χ1v) is 7.58. The molecule has 0 bridgehead atoms. The summed E-state index contributed by atoms with van der Waals surface area (Å²) >= 11 is 0. The van der Waals surface area contributed by atoms with Crippen molar-refractivity contribution in [2.75, 3.05) is 12.4 Å². The molecule has 0 radical (unpaired) electrons. The van der Waals surface area contributed by atoms with E-state index in [-0.39, 0.29) is 18.0 Å². The number of methoxy groups -OCH3 is 1. The highest BCUT2D eigenvalue weighted by atomic mass is 35.5. The second-order valence-electron chi connectivity index (χ2n) is 5.54. The molecule has 2 aromatic carbocycles. The Labute approximate surface area is 156 Å². The molecule has 0 spiro atoms. The van der Waals surface area contributed by atoms with Gasteiger partial charge in [0.1, 0.15) is 0 Å². The molecule has 7 heteroatoms. The Morgan fingerprint density at radius 2 is 1.69 bits per heavy atom. The second kappa shape index (κ2) is 7.84. The number of ether oxygens (including phenoxy) is 1. The summed E-state index contributed by atoms with van der Waals surface area (Å²) in [4.78, 5) is 27.2. The Bertz CT molecular complexity index is 971. The van der Waals surface area contributed by atoms with Crippen LogP contribution in [0.1, 0.15) is 26.4 Å². The molecule has 6 nitrogen and oxygen atoms in total. The third kappa shape index (κ3) is 3.92. The number of fused-ring (bicyclic) bond motifs is 1. The molecule has 0 aliphatic heterocycles. The molecule has 0 amide bonds. The lowest BCUT2D eigenvalue weighted by Crippen LogP contribution is -2.02. The van der Waals surface area contributed by atoms with Crippen molar-refractivity contribution >= 4 is 46.6 Å². The van der Waals surface area contributed by atoms with E-state index >= 15 is 0 Å². The molecule has 0 saturated carbocycles. The summed E-state index contributed by atoms with van der Waals surface area (Å²) in [5, 5.41) is 13.0. The number of nitrogens with one attached hydrogen (secondary N) is 1. The molecule has 0 aliphatic carbocycles. The minimum atomic E-state index is -0.973. The van der Waals surface area contributed by atoms with Gasteiger partial charge in [0.15, 0.2) is 0 Å². The van der Waals surface area contributed by atoms with E-state index in [1.807, 2.05) is 13.0 Å². The van der Waals surface area contributed by atoms with E-state index in [0.29, 0.717) is 5.56 Å². The van der Waals surface area contributed by atoms with E-state index in [1.165, 1.54) is 19.2 Å². The Morgan fingerprint density at radius 3 is 2.31 bits per heavy atom. The number of aromatic carboxylic acids is 1. The summed E-state index contributed by atoms with van der Waals surface area (Å²) in [7, 11) is 1.34. The number of hydrogen-bond acceptors (Lipinski definition) is 5. The fraction of sp³-hybridized carbons (Fsp3) is 0.105. The van der Waals surface area contributed by atoms with Gasteiger partial charge in [0.05, 0.1) is 23.8 Å². The van der Waals surface area contributed by atoms with Gasteiger partial charge < -0.3 is 15.2 Å². The first-order valence-electron chi connectivity index (χ1n) is 7.58. The van der Waals surface area contributed by atoms with Crippen molar-refractivity contribution in [3.05, 3.63) is 65.4 Å². The molecule has 134 valence electrons. The van der Waals surface area contributed by atoms with E-state index in [4.69, 9.17) is 9.84 Å². The normalized spacial score (nSPS) is 10.1. The number of carboxylic acid groups (broad SMARTS) is 1. The largest absolute Gasteiger partial charge is 0.478 e. The average Bonchev–Trinajstić information content (AvgIpc) is 2.61. The van der Waals surface area contributed by atoms with Crippen LogP contribution in [0.3, 0.4) is 0 Å². The van der Waals surface area contributed by atoms with Crippen LogP contribution in [0.25, 0.3) is 10.9 Å². The van der Waals surface area contributed by atoms with Crippen LogP contribution < -0.4 is 5.32 Å². The van der Waals surface area contributed by atoms with Crippen LogP contribution in [0.4, 0.5) is 11.4 Å². The Hall–Kier alpha value is -3.12.